The molecule has 0 heteroatoms. The van der Waals surface area contributed by atoms with Crippen molar-refractivity contribution in [1.82, 2.24) is 0 Å². The summed E-state index contributed by atoms with van der Waals surface area (Å²) in [6.07, 6.45) is 13.4. The van der Waals surface area contributed by atoms with Gasteiger partial charge < -0.3 is 0 Å². The molecule has 1 unspecified atom stereocenters. The Morgan fingerprint density at radius 3 is 2.38 bits per heavy atom. The van der Waals surface area contributed by atoms with Gasteiger partial charge in [0, 0.05) is 5.92 Å². The summed E-state index contributed by atoms with van der Waals surface area (Å²) in [5.74, 6) is 0.499. The van der Waals surface area contributed by atoms with Crippen molar-refractivity contribution in [2.45, 2.75) is 20.8 Å². The van der Waals surface area contributed by atoms with Gasteiger partial charge in [-0.1, -0.05) is 36.5 Å². The molecule has 0 saturated carbocycles. The van der Waals surface area contributed by atoms with Crippen LogP contribution in [0.3, 0.4) is 0 Å². The Kier molecular flexibility index (Phi) is 1.94. The van der Waals surface area contributed by atoms with E-state index in [1.807, 2.05) is 0 Å². The summed E-state index contributed by atoms with van der Waals surface area (Å²) < 4.78 is 0. The molecule has 0 bridgehead atoms. The zero-order valence-electron chi connectivity index (χ0n) is 10.0. The van der Waals surface area contributed by atoms with Crippen LogP contribution in [0.1, 0.15) is 20.8 Å². The van der Waals surface area contributed by atoms with Gasteiger partial charge in [-0.2, -0.15) is 0 Å². The highest BCUT2D eigenvalue weighted by Gasteiger charge is 2.30. The van der Waals surface area contributed by atoms with Gasteiger partial charge in [0.25, 0.3) is 0 Å². The first-order chi connectivity index (χ1) is 7.70. The minimum atomic E-state index is 0.499. The van der Waals surface area contributed by atoms with Gasteiger partial charge >= 0.3 is 0 Å². The second-order valence-corrected chi connectivity index (χ2v) is 4.77. The molecule has 0 amide bonds. The smallest absolute Gasteiger partial charge is 0.0345 e. The molecule has 0 spiro atoms. The van der Waals surface area contributed by atoms with Crippen LogP contribution < -0.4 is 0 Å². The van der Waals surface area contributed by atoms with E-state index in [9.17, 15) is 0 Å². The summed E-state index contributed by atoms with van der Waals surface area (Å²) >= 11 is 0. The van der Waals surface area contributed by atoms with Crippen molar-refractivity contribution in [1.29, 1.82) is 0 Å². The molecule has 3 rings (SSSR count). The van der Waals surface area contributed by atoms with Gasteiger partial charge in [-0.3, -0.25) is 0 Å². The highest BCUT2D eigenvalue weighted by Crippen LogP contribution is 2.45. The van der Waals surface area contributed by atoms with E-state index in [1.165, 1.54) is 33.4 Å². The zero-order chi connectivity index (χ0) is 11.3. The molecule has 1 atom stereocenters. The number of rotatable bonds is 0. The number of hydrogen-bond acceptors (Lipinski definition) is 0. The van der Waals surface area contributed by atoms with E-state index in [2.05, 4.69) is 57.2 Å². The molecule has 0 aromatic rings. The Labute approximate surface area is 97.1 Å². The van der Waals surface area contributed by atoms with Gasteiger partial charge in [0.2, 0.25) is 0 Å². The zero-order valence-corrected chi connectivity index (χ0v) is 10.0. The molecule has 0 heterocycles. The molecule has 16 heavy (non-hydrogen) atoms. The SMILES string of the molecule is CC1=C(C)C(C)=C2C=CC=C3C=CC=C1C32. The predicted octanol–water partition coefficient (Wildman–Crippen LogP) is 4.26. The highest BCUT2D eigenvalue weighted by molar-refractivity contribution is 5.64. The summed E-state index contributed by atoms with van der Waals surface area (Å²) in [4.78, 5) is 0. The van der Waals surface area contributed by atoms with Crippen LogP contribution in [0.15, 0.2) is 69.9 Å². The predicted molar refractivity (Wildman–Crippen MR) is 69.0 cm³/mol. The molecular weight excluding hydrogens is 192 g/mol. The summed E-state index contributed by atoms with van der Waals surface area (Å²) in [6.45, 7) is 6.73. The fourth-order valence-electron chi connectivity index (χ4n) is 2.89. The molecule has 0 fully saturated rings. The quantitative estimate of drug-likeness (QED) is 0.558. The normalized spacial score (nSPS) is 26.8. The Balaban J connectivity index is 2.32. The average molecular weight is 208 g/mol. The van der Waals surface area contributed by atoms with E-state index in [4.69, 9.17) is 0 Å². The fraction of sp³-hybridized carbons (Fsp3) is 0.250. The van der Waals surface area contributed by atoms with Gasteiger partial charge in [0.1, 0.15) is 0 Å². The molecule has 3 aliphatic carbocycles. The maximum Gasteiger partial charge on any atom is 0.0345 e. The van der Waals surface area contributed by atoms with E-state index in [1.54, 1.807) is 0 Å². The lowest BCUT2D eigenvalue weighted by molar-refractivity contribution is 0.830. The molecule has 0 nitrogen and oxygen atoms in total. The third kappa shape index (κ3) is 1.10. The van der Waals surface area contributed by atoms with Crippen molar-refractivity contribution < 1.29 is 0 Å². The molecule has 3 aliphatic rings. The van der Waals surface area contributed by atoms with Crippen LogP contribution in [0.2, 0.25) is 0 Å². The minimum absolute atomic E-state index is 0.499. The lowest BCUT2D eigenvalue weighted by atomic mass is 9.69. The van der Waals surface area contributed by atoms with Crippen molar-refractivity contribution in [3.8, 4) is 0 Å². The van der Waals surface area contributed by atoms with Gasteiger partial charge in [-0.25, -0.2) is 0 Å². The fourth-order valence-corrected chi connectivity index (χ4v) is 2.89. The lowest BCUT2D eigenvalue weighted by Crippen LogP contribution is -2.20. The summed E-state index contributed by atoms with van der Waals surface area (Å²) in [5.41, 5.74) is 8.75. The Hall–Kier alpha value is -1.56. The van der Waals surface area contributed by atoms with Crippen molar-refractivity contribution in [3.05, 3.63) is 69.9 Å². The van der Waals surface area contributed by atoms with Crippen LogP contribution in [0, 0.1) is 5.92 Å². The van der Waals surface area contributed by atoms with Crippen LogP contribution in [-0.2, 0) is 0 Å². The first kappa shape index (κ1) is 9.65. The molecule has 0 aliphatic heterocycles. The maximum absolute atomic E-state index is 2.27. The van der Waals surface area contributed by atoms with E-state index in [0.717, 1.165) is 0 Å². The van der Waals surface area contributed by atoms with Crippen molar-refractivity contribution in [3.63, 3.8) is 0 Å². The van der Waals surface area contributed by atoms with Crippen molar-refractivity contribution in [2.75, 3.05) is 0 Å². The van der Waals surface area contributed by atoms with Gasteiger partial charge in [-0.15, -0.1) is 0 Å². The third-order valence-electron chi connectivity index (χ3n) is 4.08. The summed E-state index contributed by atoms with van der Waals surface area (Å²) in [7, 11) is 0. The van der Waals surface area contributed by atoms with Crippen LogP contribution in [0.5, 0.6) is 0 Å². The molecule has 80 valence electrons. The average Bonchev–Trinajstić information content (AvgIpc) is 2.33. The van der Waals surface area contributed by atoms with E-state index < -0.39 is 0 Å². The second-order valence-electron chi connectivity index (χ2n) is 4.77. The molecule has 0 aromatic carbocycles. The Bertz CT molecular complexity index is 543. The molecule has 0 N–H and O–H groups in total. The van der Waals surface area contributed by atoms with Crippen molar-refractivity contribution >= 4 is 0 Å². The minimum Gasteiger partial charge on any atom is -0.0616 e. The summed E-state index contributed by atoms with van der Waals surface area (Å²) in [6, 6.07) is 0. The second kappa shape index (κ2) is 3.21. The molecular formula is C16H16. The van der Waals surface area contributed by atoms with Crippen LogP contribution in [-0.4, -0.2) is 0 Å². The first-order valence-corrected chi connectivity index (χ1v) is 5.85. The maximum atomic E-state index is 2.27. The van der Waals surface area contributed by atoms with E-state index in [0.29, 0.717) is 5.92 Å². The topological polar surface area (TPSA) is 0 Å². The van der Waals surface area contributed by atoms with Crippen molar-refractivity contribution in [2.24, 2.45) is 5.92 Å². The van der Waals surface area contributed by atoms with E-state index >= 15 is 0 Å². The molecule has 0 aromatic heterocycles. The first-order valence-electron chi connectivity index (χ1n) is 5.85. The van der Waals surface area contributed by atoms with Gasteiger partial charge in [0.05, 0.1) is 0 Å². The van der Waals surface area contributed by atoms with Gasteiger partial charge in [0.15, 0.2) is 0 Å². The Morgan fingerprint density at radius 1 is 0.812 bits per heavy atom. The van der Waals surface area contributed by atoms with Crippen LogP contribution in [0.4, 0.5) is 0 Å². The molecule has 0 radical (unpaired) electrons. The van der Waals surface area contributed by atoms with Gasteiger partial charge in [-0.05, 0) is 54.2 Å². The lowest BCUT2D eigenvalue weighted by Gasteiger charge is -2.34. The van der Waals surface area contributed by atoms with Crippen LogP contribution >= 0.6 is 0 Å². The standard InChI is InChI=1S/C16H16/c1-10-11(2)14-8-4-6-13-7-5-9-15(12(10)3)16(13)14/h4-9,16H,1-3H3. The highest BCUT2D eigenvalue weighted by atomic mass is 14.3. The Morgan fingerprint density at radius 2 is 1.56 bits per heavy atom. The van der Waals surface area contributed by atoms with E-state index in [-0.39, 0.29) is 0 Å². The summed E-state index contributed by atoms with van der Waals surface area (Å²) in [5, 5.41) is 0. The third-order valence-corrected chi connectivity index (χ3v) is 4.08. The van der Waals surface area contributed by atoms with Crippen LogP contribution in [0.25, 0.3) is 0 Å². The molecule has 0 saturated heterocycles. The number of allylic oxidation sites excluding steroid dienone is 12. The monoisotopic (exact) mass is 208 g/mol. The number of hydrogen-bond donors (Lipinski definition) is 0. The largest absolute Gasteiger partial charge is 0.0616 e.